The molecule has 0 saturated heterocycles. The van der Waals surface area contributed by atoms with Crippen molar-refractivity contribution in [3.05, 3.63) is 33.7 Å². The molecular formula is C11H10N2O3S. The van der Waals surface area contributed by atoms with Crippen molar-refractivity contribution in [3.8, 4) is 0 Å². The molecule has 88 valence electrons. The first-order valence-electron chi connectivity index (χ1n) is 5.36. The molecule has 0 unspecified atom stereocenters. The van der Waals surface area contributed by atoms with Gasteiger partial charge in [0.25, 0.3) is 5.56 Å². The Morgan fingerprint density at radius 2 is 2.41 bits per heavy atom. The third kappa shape index (κ3) is 2.08. The van der Waals surface area contributed by atoms with Gasteiger partial charge >= 0.3 is 5.97 Å². The SMILES string of the molecule is O=C(OCc1cc(=O)n2ccsc2n1)C1CC1. The van der Waals surface area contributed by atoms with Crippen LogP contribution in [0.1, 0.15) is 18.5 Å². The fourth-order valence-corrected chi connectivity index (χ4v) is 2.28. The van der Waals surface area contributed by atoms with E-state index in [0.717, 1.165) is 12.8 Å². The Labute approximate surface area is 101 Å². The number of carbonyl (C=O) groups is 1. The van der Waals surface area contributed by atoms with Crippen molar-refractivity contribution in [2.75, 3.05) is 0 Å². The zero-order valence-corrected chi connectivity index (χ0v) is 9.77. The summed E-state index contributed by atoms with van der Waals surface area (Å²) < 4.78 is 6.56. The van der Waals surface area contributed by atoms with E-state index >= 15 is 0 Å². The molecular weight excluding hydrogens is 240 g/mol. The molecule has 2 aromatic heterocycles. The van der Waals surface area contributed by atoms with Crippen molar-refractivity contribution in [2.45, 2.75) is 19.4 Å². The monoisotopic (exact) mass is 250 g/mol. The van der Waals surface area contributed by atoms with Crippen LogP contribution in [0.3, 0.4) is 0 Å². The number of ether oxygens (including phenoxy) is 1. The molecule has 0 aromatic carbocycles. The number of rotatable bonds is 3. The van der Waals surface area contributed by atoms with Gasteiger partial charge in [-0.2, -0.15) is 0 Å². The van der Waals surface area contributed by atoms with Gasteiger partial charge in [-0.15, -0.1) is 11.3 Å². The first-order valence-corrected chi connectivity index (χ1v) is 6.24. The van der Waals surface area contributed by atoms with Crippen LogP contribution >= 0.6 is 11.3 Å². The highest BCUT2D eigenvalue weighted by Gasteiger charge is 2.31. The molecule has 2 heterocycles. The van der Waals surface area contributed by atoms with Crippen molar-refractivity contribution < 1.29 is 9.53 Å². The number of carbonyl (C=O) groups excluding carboxylic acids is 1. The lowest BCUT2D eigenvalue weighted by molar-refractivity contribution is -0.146. The second kappa shape index (κ2) is 3.96. The summed E-state index contributed by atoms with van der Waals surface area (Å²) in [6.45, 7) is 0.0823. The lowest BCUT2D eigenvalue weighted by Gasteiger charge is -2.03. The molecule has 0 bridgehead atoms. The summed E-state index contributed by atoms with van der Waals surface area (Å²) in [7, 11) is 0. The lowest BCUT2D eigenvalue weighted by atomic mass is 10.4. The number of hydrogen-bond acceptors (Lipinski definition) is 5. The van der Waals surface area contributed by atoms with Gasteiger partial charge in [0.05, 0.1) is 11.6 Å². The maximum absolute atomic E-state index is 11.6. The molecule has 5 nitrogen and oxygen atoms in total. The third-order valence-electron chi connectivity index (χ3n) is 2.63. The van der Waals surface area contributed by atoms with Gasteiger partial charge in [0.2, 0.25) is 0 Å². The van der Waals surface area contributed by atoms with Crippen LogP contribution in [0.25, 0.3) is 4.96 Å². The van der Waals surface area contributed by atoms with E-state index in [-0.39, 0.29) is 24.1 Å². The summed E-state index contributed by atoms with van der Waals surface area (Å²) in [5, 5.41) is 1.80. The highest BCUT2D eigenvalue weighted by Crippen LogP contribution is 2.30. The van der Waals surface area contributed by atoms with E-state index in [1.54, 1.807) is 11.6 Å². The number of fused-ring (bicyclic) bond motifs is 1. The molecule has 0 amide bonds. The van der Waals surface area contributed by atoms with Crippen LogP contribution in [-0.2, 0) is 16.1 Å². The summed E-state index contributed by atoms with van der Waals surface area (Å²) in [5.74, 6) is -0.111. The Bertz CT molecular complexity index is 627. The molecule has 0 radical (unpaired) electrons. The van der Waals surface area contributed by atoms with Gasteiger partial charge in [0, 0.05) is 17.6 Å². The van der Waals surface area contributed by atoms with E-state index in [0.29, 0.717) is 10.7 Å². The van der Waals surface area contributed by atoms with Gasteiger partial charge in [0.1, 0.15) is 6.61 Å². The Balaban J connectivity index is 1.80. The lowest BCUT2D eigenvalue weighted by Crippen LogP contribution is -2.15. The largest absolute Gasteiger partial charge is 0.459 e. The average molecular weight is 250 g/mol. The summed E-state index contributed by atoms with van der Waals surface area (Å²) in [6, 6.07) is 1.40. The summed E-state index contributed by atoms with van der Waals surface area (Å²) in [6.07, 6.45) is 3.51. The average Bonchev–Trinajstić information content (AvgIpc) is 3.05. The minimum absolute atomic E-state index is 0.0709. The highest BCUT2D eigenvalue weighted by molar-refractivity contribution is 7.15. The summed E-state index contributed by atoms with van der Waals surface area (Å²) >= 11 is 1.38. The fraction of sp³-hybridized carbons (Fsp3) is 0.364. The molecule has 6 heteroatoms. The maximum atomic E-state index is 11.6. The minimum atomic E-state index is -0.182. The smallest absolute Gasteiger partial charge is 0.309 e. The first-order chi connectivity index (χ1) is 8.24. The van der Waals surface area contributed by atoms with Gasteiger partial charge in [0.15, 0.2) is 4.96 Å². The Morgan fingerprint density at radius 3 is 3.18 bits per heavy atom. The van der Waals surface area contributed by atoms with Crippen molar-refractivity contribution in [3.63, 3.8) is 0 Å². The number of aromatic nitrogens is 2. The third-order valence-corrected chi connectivity index (χ3v) is 3.39. The van der Waals surface area contributed by atoms with Crippen molar-refractivity contribution in [1.82, 2.24) is 9.38 Å². The highest BCUT2D eigenvalue weighted by atomic mass is 32.1. The van der Waals surface area contributed by atoms with Crippen LogP contribution in [0.15, 0.2) is 22.4 Å². The standard InChI is InChI=1S/C11H10N2O3S/c14-9-5-8(6-16-10(15)7-1-2-7)12-11-13(9)3-4-17-11/h3-5,7H,1-2,6H2. The van der Waals surface area contributed by atoms with Crippen LogP contribution in [0.4, 0.5) is 0 Å². The number of nitrogens with zero attached hydrogens (tertiary/aromatic N) is 2. The Morgan fingerprint density at radius 1 is 1.59 bits per heavy atom. The predicted molar refractivity (Wildman–Crippen MR) is 61.9 cm³/mol. The predicted octanol–water partition coefficient (Wildman–Crippen LogP) is 1.21. The molecule has 0 atom stereocenters. The van der Waals surface area contributed by atoms with Crippen molar-refractivity contribution in [2.24, 2.45) is 5.92 Å². The van der Waals surface area contributed by atoms with Crippen molar-refractivity contribution >= 4 is 22.3 Å². The fourth-order valence-electron chi connectivity index (χ4n) is 1.54. The van der Waals surface area contributed by atoms with Gasteiger partial charge in [-0.25, -0.2) is 4.98 Å². The van der Waals surface area contributed by atoms with Gasteiger partial charge in [-0.05, 0) is 12.8 Å². The van der Waals surface area contributed by atoms with Crippen LogP contribution in [0.2, 0.25) is 0 Å². The Kier molecular flexibility index (Phi) is 2.44. The van der Waals surface area contributed by atoms with Crippen LogP contribution < -0.4 is 5.56 Å². The van der Waals surface area contributed by atoms with E-state index in [9.17, 15) is 9.59 Å². The normalized spacial score (nSPS) is 15.1. The van der Waals surface area contributed by atoms with E-state index in [4.69, 9.17) is 4.74 Å². The summed E-state index contributed by atoms with van der Waals surface area (Å²) in [5.41, 5.74) is 0.361. The van der Waals surface area contributed by atoms with Gasteiger partial charge in [-0.1, -0.05) is 0 Å². The topological polar surface area (TPSA) is 60.7 Å². The second-order valence-corrected chi connectivity index (χ2v) is 4.90. The minimum Gasteiger partial charge on any atom is -0.459 e. The molecule has 2 aromatic rings. The van der Waals surface area contributed by atoms with Gasteiger partial charge in [-0.3, -0.25) is 14.0 Å². The zero-order chi connectivity index (χ0) is 11.8. The van der Waals surface area contributed by atoms with Crippen LogP contribution in [0.5, 0.6) is 0 Å². The number of hydrogen-bond donors (Lipinski definition) is 0. The molecule has 17 heavy (non-hydrogen) atoms. The van der Waals surface area contributed by atoms with Crippen molar-refractivity contribution in [1.29, 1.82) is 0 Å². The molecule has 0 N–H and O–H groups in total. The van der Waals surface area contributed by atoms with E-state index in [1.807, 2.05) is 0 Å². The van der Waals surface area contributed by atoms with E-state index in [2.05, 4.69) is 4.98 Å². The van der Waals surface area contributed by atoms with E-state index < -0.39 is 0 Å². The Hall–Kier alpha value is -1.69. The van der Waals surface area contributed by atoms with Crippen LogP contribution in [-0.4, -0.2) is 15.4 Å². The quantitative estimate of drug-likeness (QED) is 0.768. The van der Waals surface area contributed by atoms with Crippen LogP contribution in [0, 0.1) is 5.92 Å². The first kappa shape index (κ1) is 10.5. The molecule has 0 aliphatic heterocycles. The molecule has 1 aliphatic carbocycles. The maximum Gasteiger partial charge on any atom is 0.309 e. The zero-order valence-electron chi connectivity index (χ0n) is 8.96. The molecule has 3 rings (SSSR count). The molecule has 1 saturated carbocycles. The van der Waals surface area contributed by atoms with E-state index in [1.165, 1.54) is 21.8 Å². The molecule has 1 fully saturated rings. The second-order valence-electron chi connectivity index (χ2n) is 4.02. The summed E-state index contributed by atoms with van der Waals surface area (Å²) in [4.78, 5) is 27.9. The number of thiazole rings is 1. The van der Waals surface area contributed by atoms with Gasteiger partial charge < -0.3 is 4.74 Å². The molecule has 1 aliphatic rings. The number of esters is 1. The molecule has 0 spiro atoms.